The van der Waals surface area contributed by atoms with Crippen molar-refractivity contribution in [1.82, 2.24) is 4.90 Å². The molecule has 2 fully saturated rings. The highest BCUT2D eigenvalue weighted by Crippen LogP contribution is 2.39. The van der Waals surface area contributed by atoms with Gasteiger partial charge in [0.2, 0.25) is 0 Å². The second-order valence-corrected chi connectivity index (χ2v) is 5.44. The van der Waals surface area contributed by atoms with E-state index < -0.39 is 12.1 Å². The summed E-state index contributed by atoms with van der Waals surface area (Å²) >= 11 is 0. The topological polar surface area (TPSA) is 29.3 Å². The molecule has 0 aromatic heterocycles. The lowest BCUT2D eigenvalue weighted by Gasteiger charge is -2.36. The van der Waals surface area contributed by atoms with Gasteiger partial charge in [0.1, 0.15) is 0 Å². The van der Waals surface area contributed by atoms with Crippen molar-refractivity contribution in [3.63, 3.8) is 0 Å². The highest BCUT2D eigenvalue weighted by atomic mass is 19.4. The lowest BCUT2D eigenvalue weighted by Crippen LogP contribution is -2.41. The maximum Gasteiger partial charge on any atom is 0.391 e. The van der Waals surface area contributed by atoms with Crippen LogP contribution in [0, 0.1) is 11.8 Å². The fourth-order valence-corrected chi connectivity index (χ4v) is 3.18. The summed E-state index contributed by atoms with van der Waals surface area (Å²) in [6.07, 6.45) is -0.729. The molecule has 2 N–H and O–H groups in total. The second kappa shape index (κ2) is 5.14. The standard InChI is InChI=1S/C12H21F3N2/c13-12(14,15)10-2-1-3-11(6-10)17-5-4-9(7-16)8-17/h9-11H,1-8,16H2. The van der Waals surface area contributed by atoms with Gasteiger partial charge in [0.05, 0.1) is 5.92 Å². The first kappa shape index (κ1) is 13.1. The summed E-state index contributed by atoms with van der Waals surface area (Å²) in [5.74, 6) is -0.598. The van der Waals surface area contributed by atoms with Crippen molar-refractivity contribution < 1.29 is 13.2 Å². The molecule has 0 aromatic carbocycles. The van der Waals surface area contributed by atoms with Crippen molar-refractivity contribution in [3.05, 3.63) is 0 Å². The number of likely N-dealkylation sites (tertiary alicyclic amines) is 1. The summed E-state index contributed by atoms with van der Waals surface area (Å²) in [5.41, 5.74) is 5.62. The van der Waals surface area contributed by atoms with Crippen LogP contribution in [0.3, 0.4) is 0 Å². The van der Waals surface area contributed by atoms with Gasteiger partial charge in [-0.1, -0.05) is 6.42 Å². The van der Waals surface area contributed by atoms with Gasteiger partial charge in [-0.05, 0) is 44.7 Å². The number of hydrogen-bond acceptors (Lipinski definition) is 2. The summed E-state index contributed by atoms with van der Waals surface area (Å²) in [5, 5.41) is 0. The third kappa shape index (κ3) is 3.13. The maximum atomic E-state index is 12.7. The van der Waals surface area contributed by atoms with Crippen LogP contribution in [0.2, 0.25) is 0 Å². The van der Waals surface area contributed by atoms with Crippen molar-refractivity contribution in [2.45, 2.75) is 44.3 Å². The summed E-state index contributed by atoms with van der Waals surface area (Å²) < 4.78 is 38.1. The fourth-order valence-electron chi connectivity index (χ4n) is 3.18. The zero-order chi connectivity index (χ0) is 12.5. The van der Waals surface area contributed by atoms with Crippen molar-refractivity contribution >= 4 is 0 Å². The molecule has 3 unspecified atom stereocenters. The number of halogens is 3. The van der Waals surface area contributed by atoms with E-state index in [9.17, 15) is 13.2 Å². The van der Waals surface area contributed by atoms with Crippen molar-refractivity contribution in [2.75, 3.05) is 19.6 Å². The summed E-state index contributed by atoms with van der Waals surface area (Å²) in [6, 6.07) is 0.131. The molecular formula is C12H21F3N2. The van der Waals surface area contributed by atoms with E-state index in [-0.39, 0.29) is 6.04 Å². The van der Waals surface area contributed by atoms with E-state index >= 15 is 0 Å². The number of nitrogens with zero attached hydrogens (tertiary/aromatic N) is 1. The number of nitrogens with two attached hydrogens (primary N) is 1. The largest absolute Gasteiger partial charge is 0.391 e. The van der Waals surface area contributed by atoms with Gasteiger partial charge in [-0.3, -0.25) is 0 Å². The number of hydrogen-bond donors (Lipinski definition) is 1. The molecule has 17 heavy (non-hydrogen) atoms. The van der Waals surface area contributed by atoms with Crippen LogP contribution in [0.25, 0.3) is 0 Å². The van der Waals surface area contributed by atoms with Gasteiger partial charge in [0.15, 0.2) is 0 Å². The van der Waals surface area contributed by atoms with Gasteiger partial charge >= 0.3 is 6.18 Å². The SMILES string of the molecule is NCC1CCN(C2CCCC(C(F)(F)F)C2)C1. The minimum Gasteiger partial charge on any atom is -0.330 e. The molecule has 1 aliphatic carbocycles. The van der Waals surface area contributed by atoms with Gasteiger partial charge in [-0.15, -0.1) is 0 Å². The maximum absolute atomic E-state index is 12.7. The molecule has 0 aromatic rings. The van der Waals surface area contributed by atoms with Crippen molar-refractivity contribution in [1.29, 1.82) is 0 Å². The van der Waals surface area contributed by atoms with Crippen molar-refractivity contribution in [3.8, 4) is 0 Å². The molecule has 2 rings (SSSR count). The summed E-state index contributed by atoms with van der Waals surface area (Å²) in [6.45, 7) is 2.48. The molecule has 100 valence electrons. The zero-order valence-corrected chi connectivity index (χ0v) is 10.0. The molecule has 2 aliphatic rings. The Bertz CT molecular complexity index is 255. The first-order valence-electron chi connectivity index (χ1n) is 6.51. The smallest absolute Gasteiger partial charge is 0.330 e. The van der Waals surface area contributed by atoms with Crippen molar-refractivity contribution in [2.24, 2.45) is 17.6 Å². The molecule has 5 heteroatoms. The van der Waals surface area contributed by atoms with E-state index in [1.165, 1.54) is 0 Å². The Balaban J connectivity index is 1.90. The van der Waals surface area contributed by atoms with E-state index in [1.807, 2.05) is 0 Å². The lowest BCUT2D eigenvalue weighted by molar-refractivity contribution is -0.186. The summed E-state index contributed by atoms with van der Waals surface area (Å²) in [4.78, 5) is 2.23. The zero-order valence-electron chi connectivity index (χ0n) is 10.0. The summed E-state index contributed by atoms with van der Waals surface area (Å²) in [7, 11) is 0. The van der Waals surface area contributed by atoms with E-state index in [2.05, 4.69) is 4.90 Å². The van der Waals surface area contributed by atoms with E-state index in [4.69, 9.17) is 5.73 Å². The van der Waals surface area contributed by atoms with Gasteiger partial charge in [0, 0.05) is 12.6 Å². The van der Waals surface area contributed by atoms with E-state index in [0.717, 1.165) is 25.9 Å². The molecule has 1 saturated carbocycles. The number of rotatable bonds is 2. The van der Waals surface area contributed by atoms with Crippen LogP contribution < -0.4 is 5.73 Å². The Hall–Kier alpha value is -0.290. The Morgan fingerprint density at radius 3 is 2.53 bits per heavy atom. The minimum absolute atomic E-state index is 0.131. The quantitative estimate of drug-likeness (QED) is 0.815. The minimum atomic E-state index is -4.01. The highest BCUT2D eigenvalue weighted by Gasteiger charge is 2.43. The second-order valence-electron chi connectivity index (χ2n) is 5.44. The molecule has 1 aliphatic heterocycles. The number of alkyl halides is 3. The molecule has 0 spiro atoms. The monoisotopic (exact) mass is 250 g/mol. The normalized spacial score (nSPS) is 36.4. The molecule has 1 saturated heterocycles. The van der Waals surface area contributed by atoms with Crippen LogP contribution in [-0.4, -0.2) is 36.8 Å². The molecule has 3 atom stereocenters. The predicted molar refractivity (Wildman–Crippen MR) is 60.5 cm³/mol. The van der Waals surface area contributed by atoms with Crippen LogP contribution >= 0.6 is 0 Å². The Kier molecular flexibility index (Phi) is 3.98. The molecule has 2 nitrogen and oxygen atoms in total. The van der Waals surface area contributed by atoms with Crippen LogP contribution in [0.5, 0.6) is 0 Å². The third-order valence-corrected chi connectivity index (χ3v) is 4.28. The van der Waals surface area contributed by atoms with E-state index in [0.29, 0.717) is 31.7 Å². The van der Waals surface area contributed by atoms with Crippen LogP contribution in [0.1, 0.15) is 32.1 Å². The average molecular weight is 250 g/mol. The Labute approximate surface area is 100 Å². The van der Waals surface area contributed by atoms with Crippen LogP contribution in [0.4, 0.5) is 13.2 Å². The highest BCUT2D eigenvalue weighted by molar-refractivity contribution is 4.87. The first-order chi connectivity index (χ1) is 8.00. The van der Waals surface area contributed by atoms with Crippen LogP contribution in [-0.2, 0) is 0 Å². The van der Waals surface area contributed by atoms with Gasteiger partial charge in [-0.2, -0.15) is 13.2 Å². The fraction of sp³-hybridized carbons (Fsp3) is 1.00. The third-order valence-electron chi connectivity index (χ3n) is 4.28. The molecular weight excluding hydrogens is 229 g/mol. The van der Waals surface area contributed by atoms with Crippen LogP contribution in [0.15, 0.2) is 0 Å². The Morgan fingerprint density at radius 1 is 1.18 bits per heavy atom. The Morgan fingerprint density at radius 2 is 1.94 bits per heavy atom. The molecule has 1 heterocycles. The average Bonchev–Trinajstić information content (AvgIpc) is 2.76. The van der Waals surface area contributed by atoms with Gasteiger partial charge < -0.3 is 10.6 Å². The predicted octanol–water partition coefficient (Wildman–Crippen LogP) is 2.39. The molecule has 0 radical (unpaired) electrons. The lowest BCUT2D eigenvalue weighted by atomic mass is 9.84. The molecule has 0 amide bonds. The van der Waals surface area contributed by atoms with Gasteiger partial charge in [0.25, 0.3) is 0 Å². The van der Waals surface area contributed by atoms with Gasteiger partial charge in [-0.25, -0.2) is 0 Å². The molecule has 0 bridgehead atoms. The first-order valence-corrected chi connectivity index (χ1v) is 6.51. The van der Waals surface area contributed by atoms with E-state index in [1.54, 1.807) is 0 Å².